The summed E-state index contributed by atoms with van der Waals surface area (Å²) in [5.41, 5.74) is 2.35. The van der Waals surface area contributed by atoms with Gasteiger partial charge in [0, 0.05) is 19.1 Å². The fourth-order valence-electron chi connectivity index (χ4n) is 3.84. The van der Waals surface area contributed by atoms with Crippen LogP contribution in [0.5, 0.6) is 0 Å². The molecule has 1 aliphatic rings. The molecule has 0 spiro atoms. The second-order valence-electron chi connectivity index (χ2n) is 7.64. The molecule has 1 N–H and O–H groups in total. The van der Waals surface area contributed by atoms with Gasteiger partial charge in [0.2, 0.25) is 5.91 Å². The minimum atomic E-state index is 0.185. The Bertz CT molecular complexity index is 622. The van der Waals surface area contributed by atoms with Crippen LogP contribution in [0.1, 0.15) is 56.1 Å². The van der Waals surface area contributed by atoms with E-state index in [4.69, 9.17) is 0 Å². The maximum absolute atomic E-state index is 13.0. The smallest absolute Gasteiger partial charge is 0.237 e. The number of hydrogen-bond acceptors (Lipinski definition) is 2. The maximum atomic E-state index is 13.0. The third-order valence-electron chi connectivity index (χ3n) is 5.43. The summed E-state index contributed by atoms with van der Waals surface area (Å²) in [6.45, 7) is 1.74. The van der Waals surface area contributed by atoms with Crippen molar-refractivity contribution in [3.8, 4) is 0 Å². The fraction of sp³-hybridized carbons (Fsp3) is 0.458. The largest absolute Gasteiger partial charge is 0.333 e. The summed E-state index contributed by atoms with van der Waals surface area (Å²) >= 11 is 0. The van der Waals surface area contributed by atoms with Crippen molar-refractivity contribution in [3.63, 3.8) is 0 Å². The van der Waals surface area contributed by atoms with Crippen LogP contribution in [0.2, 0.25) is 0 Å². The van der Waals surface area contributed by atoms with Crippen molar-refractivity contribution in [2.24, 2.45) is 0 Å². The lowest BCUT2D eigenvalue weighted by molar-refractivity contribution is -0.131. The van der Waals surface area contributed by atoms with Crippen LogP contribution in [0.25, 0.3) is 0 Å². The molecule has 2 aromatic rings. The lowest BCUT2D eigenvalue weighted by Crippen LogP contribution is -2.41. The van der Waals surface area contributed by atoms with E-state index in [1.807, 2.05) is 41.3 Å². The first-order valence-electron chi connectivity index (χ1n) is 10.4. The highest BCUT2D eigenvalue weighted by atomic mass is 16.2. The first-order chi connectivity index (χ1) is 13.3. The number of nitrogens with zero attached hydrogens (tertiary/aromatic N) is 1. The molecule has 1 fully saturated rings. The van der Waals surface area contributed by atoms with Gasteiger partial charge in [-0.1, -0.05) is 92.8 Å². The molecule has 1 aliphatic carbocycles. The van der Waals surface area contributed by atoms with Crippen LogP contribution in [0.15, 0.2) is 60.7 Å². The van der Waals surface area contributed by atoms with E-state index in [2.05, 4.69) is 29.6 Å². The van der Waals surface area contributed by atoms with Gasteiger partial charge in [-0.15, -0.1) is 0 Å². The van der Waals surface area contributed by atoms with Crippen LogP contribution < -0.4 is 5.32 Å². The number of hydrogen-bond donors (Lipinski definition) is 1. The summed E-state index contributed by atoms with van der Waals surface area (Å²) in [5, 5.41) is 3.55. The van der Waals surface area contributed by atoms with E-state index in [1.165, 1.54) is 56.1 Å². The van der Waals surface area contributed by atoms with Gasteiger partial charge in [0.05, 0.1) is 6.54 Å². The Hall–Kier alpha value is -2.13. The Labute approximate surface area is 163 Å². The molecule has 3 rings (SSSR count). The molecule has 1 saturated carbocycles. The van der Waals surface area contributed by atoms with Gasteiger partial charge in [-0.3, -0.25) is 4.79 Å². The molecule has 27 heavy (non-hydrogen) atoms. The molecule has 3 nitrogen and oxygen atoms in total. The number of carbonyl (C=O) groups excluding carboxylic acids is 1. The van der Waals surface area contributed by atoms with Gasteiger partial charge in [-0.05, 0) is 24.0 Å². The van der Waals surface area contributed by atoms with E-state index in [0.29, 0.717) is 25.7 Å². The zero-order valence-electron chi connectivity index (χ0n) is 16.3. The highest BCUT2D eigenvalue weighted by Crippen LogP contribution is 2.17. The van der Waals surface area contributed by atoms with Crippen LogP contribution in [-0.4, -0.2) is 23.4 Å². The summed E-state index contributed by atoms with van der Waals surface area (Å²) in [6.07, 6.45) is 9.00. The van der Waals surface area contributed by atoms with Gasteiger partial charge >= 0.3 is 0 Å². The molecular weight excluding hydrogens is 332 g/mol. The minimum absolute atomic E-state index is 0.185. The first-order valence-corrected chi connectivity index (χ1v) is 10.4. The van der Waals surface area contributed by atoms with Gasteiger partial charge < -0.3 is 10.2 Å². The van der Waals surface area contributed by atoms with Crippen LogP contribution in [0.3, 0.4) is 0 Å². The quantitative estimate of drug-likeness (QED) is 0.756. The standard InChI is InChI=1S/C24H32N2O/c27-24(18-25-23-16-10-2-1-3-11-17-23)26(19-21-12-6-4-7-13-21)20-22-14-8-5-9-15-22/h4-9,12-15,23,25H,1-3,10-11,16-20H2. The zero-order chi connectivity index (χ0) is 18.7. The molecule has 0 aromatic heterocycles. The topological polar surface area (TPSA) is 32.3 Å². The fourth-order valence-corrected chi connectivity index (χ4v) is 3.84. The molecule has 0 bridgehead atoms. The highest BCUT2D eigenvalue weighted by Gasteiger charge is 2.17. The molecular formula is C24H32N2O. The highest BCUT2D eigenvalue weighted by molar-refractivity contribution is 5.78. The summed E-state index contributed by atoms with van der Waals surface area (Å²) in [5.74, 6) is 0.185. The molecule has 144 valence electrons. The summed E-state index contributed by atoms with van der Waals surface area (Å²) in [6, 6.07) is 21.0. The van der Waals surface area contributed by atoms with Crippen LogP contribution in [-0.2, 0) is 17.9 Å². The predicted molar refractivity (Wildman–Crippen MR) is 111 cm³/mol. The van der Waals surface area contributed by atoms with E-state index in [0.717, 1.165) is 0 Å². The number of amides is 1. The first kappa shape index (κ1) is 19.6. The average molecular weight is 365 g/mol. The van der Waals surface area contributed by atoms with Crippen LogP contribution >= 0.6 is 0 Å². The lowest BCUT2D eigenvalue weighted by Gasteiger charge is -2.26. The van der Waals surface area contributed by atoms with E-state index in [1.54, 1.807) is 0 Å². The van der Waals surface area contributed by atoms with Gasteiger partial charge in [0.15, 0.2) is 0 Å². The van der Waals surface area contributed by atoms with Gasteiger partial charge in [0.25, 0.3) is 0 Å². The summed E-state index contributed by atoms with van der Waals surface area (Å²) in [7, 11) is 0. The van der Waals surface area contributed by atoms with E-state index in [9.17, 15) is 4.79 Å². The Morgan fingerprint density at radius 3 is 1.78 bits per heavy atom. The van der Waals surface area contributed by atoms with E-state index >= 15 is 0 Å². The molecule has 0 saturated heterocycles. The van der Waals surface area contributed by atoms with Gasteiger partial charge in [-0.2, -0.15) is 0 Å². The Kier molecular flexibility index (Phi) is 7.91. The zero-order valence-corrected chi connectivity index (χ0v) is 16.3. The monoisotopic (exact) mass is 364 g/mol. The molecule has 0 unspecified atom stereocenters. The van der Waals surface area contributed by atoms with E-state index in [-0.39, 0.29) is 5.91 Å². The van der Waals surface area contributed by atoms with Gasteiger partial charge in [0.1, 0.15) is 0 Å². The van der Waals surface area contributed by atoms with Crippen molar-refractivity contribution >= 4 is 5.91 Å². The van der Waals surface area contributed by atoms with Crippen molar-refractivity contribution in [1.29, 1.82) is 0 Å². The second kappa shape index (κ2) is 10.9. The molecule has 0 radical (unpaired) electrons. The number of benzene rings is 2. The lowest BCUT2D eigenvalue weighted by atomic mass is 9.97. The molecule has 0 atom stereocenters. The summed E-state index contributed by atoms with van der Waals surface area (Å²) in [4.78, 5) is 15.0. The van der Waals surface area contributed by atoms with Crippen molar-refractivity contribution < 1.29 is 4.79 Å². The predicted octanol–water partition coefficient (Wildman–Crippen LogP) is 4.92. The maximum Gasteiger partial charge on any atom is 0.237 e. The molecule has 0 heterocycles. The van der Waals surface area contributed by atoms with E-state index < -0.39 is 0 Å². The number of nitrogens with one attached hydrogen (secondary N) is 1. The third kappa shape index (κ3) is 6.84. The molecule has 3 heteroatoms. The molecule has 2 aromatic carbocycles. The second-order valence-corrected chi connectivity index (χ2v) is 7.64. The Balaban J connectivity index is 1.60. The minimum Gasteiger partial charge on any atom is -0.333 e. The molecule has 0 aliphatic heterocycles. The van der Waals surface area contributed by atoms with Gasteiger partial charge in [-0.25, -0.2) is 0 Å². The van der Waals surface area contributed by atoms with Crippen molar-refractivity contribution in [1.82, 2.24) is 10.2 Å². The number of carbonyl (C=O) groups is 1. The SMILES string of the molecule is O=C(CNC1CCCCCCC1)N(Cc1ccccc1)Cc1ccccc1. The van der Waals surface area contributed by atoms with Crippen LogP contribution in [0.4, 0.5) is 0 Å². The van der Waals surface area contributed by atoms with Crippen molar-refractivity contribution in [3.05, 3.63) is 71.8 Å². The Morgan fingerprint density at radius 2 is 1.26 bits per heavy atom. The van der Waals surface area contributed by atoms with Crippen molar-refractivity contribution in [2.75, 3.05) is 6.54 Å². The third-order valence-corrected chi connectivity index (χ3v) is 5.43. The Morgan fingerprint density at radius 1 is 0.778 bits per heavy atom. The number of rotatable bonds is 7. The normalized spacial score (nSPS) is 15.7. The molecule has 1 amide bonds. The van der Waals surface area contributed by atoms with Crippen LogP contribution in [0, 0.1) is 0 Å². The van der Waals surface area contributed by atoms with Crippen molar-refractivity contribution in [2.45, 2.75) is 64.1 Å². The average Bonchev–Trinajstić information content (AvgIpc) is 2.68. The summed E-state index contributed by atoms with van der Waals surface area (Å²) < 4.78 is 0.